The molecule has 0 atom stereocenters. The van der Waals surface area contributed by atoms with E-state index in [1.807, 2.05) is 4.90 Å². The van der Waals surface area contributed by atoms with Gasteiger partial charge in [0.1, 0.15) is 0 Å². The van der Waals surface area contributed by atoms with Gasteiger partial charge in [-0.25, -0.2) is 8.42 Å². The van der Waals surface area contributed by atoms with E-state index in [-0.39, 0.29) is 10.8 Å². The van der Waals surface area contributed by atoms with Crippen LogP contribution in [0.25, 0.3) is 0 Å². The van der Waals surface area contributed by atoms with Gasteiger partial charge in [-0.15, -0.1) is 0 Å². The summed E-state index contributed by atoms with van der Waals surface area (Å²) < 4.78 is 27.1. The fourth-order valence-corrected chi connectivity index (χ4v) is 5.06. The van der Waals surface area contributed by atoms with Crippen molar-refractivity contribution in [3.05, 3.63) is 29.8 Å². The van der Waals surface area contributed by atoms with E-state index in [0.29, 0.717) is 24.6 Å². The maximum absolute atomic E-state index is 12.8. The van der Waals surface area contributed by atoms with Crippen molar-refractivity contribution in [2.75, 3.05) is 45.8 Å². The minimum absolute atomic E-state index is 0.0171. The topological polar surface area (TPSA) is 60.9 Å². The Hall–Kier alpha value is -1.44. The molecule has 1 aromatic carbocycles. The molecule has 3 rings (SSSR count). The minimum Gasteiger partial charge on any atom is -0.336 e. The van der Waals surface area contributed by atoms with Crippen LogP contribution >= 0.6 is 0 Å². The summed E-state index contributed by atoms with van der Waals surface area (Å²) >= 11 is 0. The summed E-state index contributed by atoms with van der Waals surface area (Å²) in [6.07, 6.45) is 1.80. The zero-order valence-electron chi connectivity index (χ0n) is 15.7. The lowest BCUT2D eigenvalue weighted by Gasteiger charge is -2.34. The number of carbonyl (C=O) groups excluding carboxylic acids is 1. The zero-order chi connectivity index (χ0) is 18.7. The number of hydrogen-bond acceptors (Lipinski definition) is 4. The van der Waals surface area contributed by atoms with Gasteiger partial charge in [-0.05, 0) is 49.6 Å². The molecule has 0 saturated carbocycles. The number of piperazine rings is 1. The van der Waals surface area contributed by atoms with Crippen LogP contribution in [0.1, 0.15) is 37.0 Å². The SMILES string of the molecule is CCN1CCN(C(=O)c2ccc(S(=O)(=O)N3CCC(C)CC3)cc2)CC1. The molecule has 7 heteroatoms. The van der Waals surface area contributed by atoms with Crippen molar-refractivity contribution in [3.63, 3.8) is 0 Å². The molecule has 0 spiro atoms. The summed E-state index contributed by atoms with van der Waals surface area (Å²) in [6, 6.07) is 6.44. The van der Waals surface area contributed by atoms with Gasteiger partial charge in [0.2, 0.25) is 10.0 Å². The lowest BCUT2D eigenvalue weighted by molar-refractivity contribution is 0.0643. The fraction of sp³-hybridized carbons (Fsp3) is 0.632. The highest BCUT2D eigenvalue weighted by atomic mass is 32.2. The molecule has 1 aromatic rings. The van der Waals surface area contributed by atoms with Gasteiger partial charge in [-0.3, -0.25) is 4.79 Å². The zero-order valence-corrected chi connectivity index (χ0v) is 16.5. The summed E-state index contributed by atoms with van der Waals surface area (Å²) in [6.45, 7) is 9.66. The molecule has 26 heavy (non-hydrogen) atoms. The Morgan fingerprint density at radius 3 is 2.12 bits per heavy atom. The van der Waals surface area contributed by atoms with Crippen molar-refractivity contribution < 1.29 is 13.2 Å². The number of nitrogens with zero attached hydrogens (tertiary/aromatic N) is 3. The standard InChI is InChI=1S/C19H29N3O3S/c1-3-20-12-14-21(15-13-20)19(23)17-4-6-18(7-5-17)26(24,25)22-10-8-16(2)9-11-22/h4-7,16H,3,8-15H2,1-2H3. The number of likely N-dealkylation sites (N-methyl/N-ethyl adjacent to an activating group) is 1. The number of sulfonamides is 1. The summed E-state index contributed by atoms with van der Waals surface area (Å²) in [5, 5.41) is 0. The van der Waals surface area contributed by atoms with E-state index in [0.717, 1.165) is 45.6 Å². The summed E-state index contributed by atoms with van der Waals surface area (Å²) in [5.41, 5.74) is 0.557. The highest BCUT2D eigenvalue weighted by Crippen LogP contribution is 2.24. The number of rotatable bonds is 4. The molecule has 2 aliphatic rings. The molecule has 144 valence electrons. The van der Waals surface area contributed by atoms with Crippen LogP contribution in [0.15, 0.2) is 29.2 Å². The van der Waals surface area contributed by atoms with Crippen molar-refractivity contribution >= 4 is 15.9 Å². The predicted molar refractivity (Wildman–Crippen MR) is 102 cm³/mol. The molecule has 2 heterocycles. The molecule has 2 aliphatic heterocycles. The summed E-state index contributed by atoms with van der Waals surface area (Å²) in [5.74, 6) is 0.561. The fourth-order valence-electron chi connectivity index (χ4n) is 3.59. The van der Waals surface area contributed by atoms with E-state index in [9.17, 15) is 13.2 Å². The Kier molecular flexibility index (Phi) is 5.99. The van der Waals surface area contributed by atoms with Crippen LogP contribution in [0.4, 0.5) is 0 Å². The third-order valence-electron chi connectivity index (χ3n) is 5.59. The van der Waals surface area contributed by atoms with Crippen LogP contribution in [0.3, 0.4) is 0 Å². The quantitative estimate of drug-likeness (QED) is 0.801. The second-order valence-electron chi connectivity index (χ2n) is 7.34. The maximum atomic E-state index is 12.8. The van der Waals surface area contributed by atoms with Crippen LogP contribution < -0.4 is 0 Å². The normalized spacial score (nSPS) is 21.1. The smallest absolute Gasteiger partial charge is 0.253 e. The van der Waals surface area contributed by atoms with Gasteiger partial charge in [-0.1, -0.05) is 13.8 Å². The molecule has 0 bridgehead atoms. The Bertz CT molecular complexity index is 717. The van der Waals surface area contributed by atoms with Crippen molar-refractivity contribution in [1.82, 2.24) is 14.1 Å². The summed E-state index contributed by atoms with van der Waals surface area (Å²) in [4.78, 5) is 17.1. The molecule has 0 aliphatic carbocycles. The summed E-state index contributed by atoms with van der Waals surface area (Å²) in [7, 11) is -3.46. The van der Waals surface area contributed by atoms with E-state index in [1.54, 1.807) is 28.6 Å². The number of benzene rings is 1. The minimum atomic E-state index is -3.46. The second kappa shape index (κ2) is 8.06. The highest BCUT2D eigenvalue weighted by molar-refractivity contribution is 7.89. The van der Waals surface area contributed by atoms with E-state index in [1.165, 1.54) is 0 Å². The van der Waals surface area contributed by atoms with Gasteiger partial charge in [-0.2, -0.15) is 4.31 Å². The molecular weight excluding hydrogens is 350 g/mol. The van der Waals surface area contributed by atoms with E-state index >= 15 is 0 Å². The number of carbonyl (C=O) groups is 1. The van der Waals surface area contributed by atoms with E-state index in [2.05, 4.69) is 18.7 Å². The predicted octanol–water partition coefficient (Wildman–Crippen LogP) is 1.88. The maximum Gasteiger partial charge on any atom is 0.253 e. The first-order valence-corrected chi connectivity index (χ1v) is 11.0. The lowest BCUT2D eigenvalue weighted by atomic mass is 10.0. The second-order valence-corrected chi connectivity index (χ2v) is 9.28. The van der Waals surface area contributed by atoms with Crippen molar-refractivity contribution in [1.29, 1.82) is 0 Å². The van der Waals surface area contributed by atoms with Crippen molar-refractivity contribution in [2.45, 2.75) is 31.6 Å². The first-order chi connectivity index (χ1) is 12.4. The monoisotopic (exact) mass is 379 g/mol. The molecule has 0 aromatic heterocycles. The van der Waals surface area contributed by atoms with E-state index < -0.39 is 10.0 Å². The van der Waals surface area contributed by atoms with Crippen LogP contribution in [0, 0.1) is 5.92 Å². The number of hydrogen-bond donors (Lipinski definition) is 0. The Morgan fingerprint density at radius 2 is 1.58 bits per heavy atom. The first kappa shape index (κ1) is 19.3. The van der Waals surface area contributed by atoms with Crippen molar-refractivity contribution in [3.8, 4) is 0 Å². The Labute approximate surface area is 156 Å². The van der Waals surface area contributed by atoms with Gasteiger partial charge in [0.05, 0.1) is 4.90 Å². The molecule has 6 nitrogen and oxygen atoms in total. The molecule has 0 unspecified atom stereocenters. The van der Waals surface area contributed by atoms with Crippen LogP contribution in [-0.4, -0.2) is 74.2 Å². The van der Waals surface area contributed by atoms with Crippen LogP contribution in [0.2, 0.25) is 0 Å². The van der Waals surface area contributed by atoms with Gasteiger partial charge >= 0.3 is 0 Å². The number of amides is 1. The number of piperidine rings is 1. The van der Waals surface area contributed by atoms with Gasteiger partial charge < -0.3 is 9.80 Å². The largest absolute Gasteiger partial charge is 0.336 e. The lowest BCUT2D eigenvalue weighted by Crippen LogP contribution is -2.48. The molecular formula is C19H29N3O3S. The molecule has 0 radical (unpaired) electrons. The third-order valence-corrected chi connectivity index (χ3v) is 7.50. The third kappa shape index (κ3) is 4.10. The average Bonchev–Trinajstić information content (AvgIpc) is 2.68. The molecule has 2 saturated heterocycles. The first-order valence-electron chi connectivity index (χ1n) is 9.53. The van der Waals surface area contributed by atoms with Crippen LogP contribution in [-0.2, 0) is 10.0 Å². The van der Waals surface area contributed by atoms with Crippen LogP contribution in [0.5, 0.6) is 0 Å². The Morgan fingerprint density at radius 1 is 1.00 bits per heavy atom. The molecule has 1 amide bonds. The highest BCUT2D eigenvalue weighted by Gasteiger charge is 2.28. The van der Waals surface area contributed by atoms with Crippen molar-refractivity contribution in [2.24, 2.45) is 5.92 Å². The van der Waals surface area contributed by atoms with Gasteiger partial charge in [0, 0.05) is 44.8 Å². The van der Waals surface area contributed by atoms with E-state index in [4.69, 9.17) is 0 Å². The molecule has 2 fully saturated rings. The van der Waals surface area contributed by atoms with Gasteiger partial charge in [0.15, 0.2) is 0 Å². The Balaban J connectivity index is 1.67. The molecule has 0 N–H and O–H groups in total. The average molecular weight is 380 g/mol. The van der Waals surface area contributed by atoms with Gasteiger partial charge in [0.25, 0.3) is 5.91 Å².